The van der Waals surface area contributed by atoms with E-state index < -0.39 is 0 Å². The maximum absolute atomic E-state index is 11.9. The Morgan fingerprint density at radius 1 is 1.16 bits per heavy atom. The summed E-state index contributed by atoms with van der Waals surface area (Å²) in [5.41, 5.74) is 3.29. The van der Waals surface area contributed by atoms with Gasteiger partial charge in [-0.3, -0.25) is 4.79 Å². The first-order chi connectivity index (χ1) is 12.2. The molecule has 0 radical (unpaired) electrons. The molecular formula is C18H19N5O2. The van der Waals surface area contributed by atoms with Gasteiger partial charge in [-0.2, -0.15) is 0 Å². The summed E-state index contributed by atoms with van der Waals surface area (Å²) in [4.78, 5) is 11.9. The van der Waals surface area contributed by atoms with E-state index in [4.69, 9.17) is 4.74 Å². The zero-order chi connectivity index (χ0) is 17.5. The maximum atomic E-state index is 11.9. The summed E-state index contributed by atoms with van der Waals surface area (Å²) in [5, 5.41) is 13.8. The first kappa shape index (κ1) is 16.6. The molecule has 0 unspecified atom stereocenters. The number of hydrogen-bond donors (Lipinski definition) is 1. The van der Waals surface area contributed by atoms with E-state index in [1.54, 1.807) is 16.8 Å². The largest absolute Gasteiger partial charge is 0.484 e. The number of amides is 1. The fourth-order valence-corrected chi connectivity index (χ4v) is 2.40. The number of aryl methyl sites for hydroxylation is 1. The van der Waals surface area contributed by atoms with E-state index in [0.717, 1.165) is 12.1 Å². The summed E-state index contributed by atoms with van der Waals surface area (Å²) >= 11 is 0. The van der Waals surface area contributed by atoms with Gasteiger partial charge in [0.1, 0.15) is 12.1 Å². The summed E-state index contributed by atoms with van der Waals surface area (Å²) in [5.74, 6) is 0.476. The van der Waals surface area contributed by atoms with Gasteiger partial charge >= 0.3 is 0 Å². The number of carbonyl (C=O) groups excluding carboxylic acids is 1. The van der Waals surface area contributed by atoms with Crippen LogP contribution in [0.15, 0.2) is 54.9 Å². The van der Waals surface area contributed by atoms with Crippen molar-refractivity contribution in [2.75, 3.05) is 13.2 Å². The number of benzene rings is 2. The first-order valence-electron chi connectivity index (χ1n) is 8.00. The van der Waals surface area contributed by atoms with Crippen molar-refractivity contribution in [3.63, 3.8) is 0 Å². The molecule has 1 heterocycles. The molecule has 3 rings (SSSR count). The molecule has 3 aromatic rings. The number of rotatable bonds is 7. The van der Waals surface area contributed by atoms with Crippen molar-refractivity contribution in [3.05, 3.63) is 66.0 Å². The SMILES string of the molecule is Cc1ccccc1CCNC(=O)COc1ccc(-n2cnnn2)cc1. The van der Waals surface area contributed by atoms with Crippen LogP contribution in [0.2, 0.25) is 0 Å². The van der Waals surface area contributed by atoms with Crippen LogP contribution in [0.5, 0.6) is 5.75 Å². The van der Waals surface area contributed by atoms with E-state index in [9.17, 15) is 4.79 Å². The van der Waals surface area contributed by atoms with Crippen LogP contribution >= 0.6 is 0 Å². The van der Waals surface area contributed by atoms with Gasteiger partial charge in [-0.15, -0.1) is 5.10 Å². The zero-order valence-corrected chi connectivity index (χ0v) is 13.9. The minimum absolute atomic E-state index is 0.0159. The average molecular weight is 337 g/mol. The highest BCUT2D eigenvalue weighted by Crippen LogP contribution is 2.14. The molecule has 1 aromatic heterocycles. The topological polar surface area (TPSA) is 81.9 Å². The van der Waals surface area contributed by atoms with Crippen molar-refractivity contribution >= 4 is 5.91 Å². The third-order valence-corrected chi connectivity index (χ3v) is 3.80. The Morgan fingerprint density at radius 2 is 1.96 bits per heavy atom. The van der Waals surface area contributed by atoms with Gasteiger partial charge in [-0.1, -0.05) is 24.3 Å². The molecular weight excluding hydrogens is 318 g/mol. The fourth-order valence-electron chi connectivity index (χ4n) is 2.40. The summed E-state index contributed by atoms with van der Waals surface area (Å²) in [6.07, 6.45) is 2.32. The van der Waals surface area contributed by atoms with Crippen LogP contribution in [0.4, 0.5) is 0 Å². The molecule has 0 aliphatic rings. The van der Waals surface area contributed by atoms with Gasteiger partial charge in [0, 0.05) is 6.54 Å². The summed E-state index contributed by atoms with van der Waals surface area (Å²) < 4.78 is 7.04. The average Bonchev–Trinajstić information content (AvgIpc) is 3.17. The third kappa shape index (κ3) is 4.63. The number of hydrogen-bond acceptors (Lipinski definition) is 5. The molecule has 7 heteroatoms. The van der Waals surface area contributed by atoms with Crippen molar-refractivity contribution in [2.24, 2.45) is 0 Å². The van der Waals surface area contributed by atoms with Crippen LogP contribution in [0.1, 0.15) is 11.1 Å². The predicted octanol–water partition coefficient (Wildman–Crippen LogP) is 1.71. The van der Waals surface area contributed by atoms with Gasteiger partial charge in [-0.05, 0) is 59.2 Å². The Labute approximate surface area is 145 Å². The fraction of sp³-hybridized carbons (Fsp3) is 0.222. The van der Waals surface area contributed by atoms with Gasteiger partial charge in [-0.25, -0.2) is 4.68 Å². The van der Waals surface area contributed by atoms with E-state index in [-0.39, 0.29) is 12.5 Å². The number of ether oxygens (including phenoxy) is 1. The number of nitrogens with zero attached hydrogens (tertiary/aromatic N) is 4. The lowest BCUT2D eigenvalue weighted by Crippen LogP contribution is -2.30. The van der Waals surface area contributed by atoms with Crippen LogP contribution in [0, 0.1) is 6.92 Å². The van der Waals surface area contributed by atoms with Crippen molar-refractivity contribution in [1.82, 2.24) is 25.5 Å². The lowest BCUT2D eigenvalue weighted by Gasteiger charge is -2.09. The molecule has 0 atom stereocenters. The molecule has 2 aromatic carbocycles. The summed E-state index contributed by atoms with van der Waals surface area (Å²) in [6, 6.07) is 15.4. The molecule has 0 bridgehead atoms. The molecule has 0 saturated heterocycles. The van der Waals surface area contributed by atoms with Crippen LogP contribution in [-0.4, -0.2) is 39.3 Å². The quantitative estimate of drug-likeness (QED) is 0.710. The lowest BCUT2D eigenvalue weighted by atomic mass is 10.1. The highest BCUT2D eigenvalue weighted by atomic mass is 16.5. The number of aromatic nitrogens is 4. The van der Waals surface area contributed by atoms with Gasteiger partial charge < -0.3 is 10.1 Å². The lowest BCUT2D eigenvalue weighted by molar-refractivity contribution is -0.123. The molecule has 25 heavy (non-hydrogen) atoms. The Bertz CT molecular complexity index is 816. The summed E-state index contributed by atoms with van der Waals surface area (Å²) in [6.45, 7) is 2.64. The minimum Gasteiger partial charge on any atom is -0.484 e. The van der Waals surface area contributed by atoms with Crippen LogP contribution in [0.3, 0.4) is 0 Å². The Hall–Kier alpha value is -3.22. The van der Waals surface area contributed by atoms with Gasteiger partial charge in [0.2, 0.25) is 0 Å². The number of tetrazole rings is 1. The third-order valence-electron chi connectivity index (χ3n) is 3.80. The Morgan fingerprint density at radius 3 is 2.68 bits per heavy atom. The standard InChI is InChI=1S/C18H19N5O2/c1-14-4-2-3-5-15(14)10-11-19-18(24)12-25-17-8-6-16(7-9-17)23-13-20-21-22-23/h2-9,13H,10-12H2,1H3,(H,19,24). The second-order valence-corrected chi connectivity index (χ2v) is 5.56. The molecule has 0 aliphatic carbocycles. The van der Waals surface area contributed by atoms with Gasteiger partial charge in [0.25, 0.3) is 5.91 Å². The van der Waals surface area contributed by atoms with E-state index in [2.05, 4.69) is 39.9 Å². The van der Waals surface area contributed by atoms with Crippen molar-refractivity contribution in [2.45, 2.75) is 13.3 Å². The van der Waals surface area contributed by atoms with E-state index in [1.807, 2.05) is 24.3 Å². The van der Waals surface area contributed by atoms with Gasteiger partial charge in [0.05, 0.1) is 5.69 Å². The van der Waals surface area contributed by atoms with Crippen LogP contribution in [-0.2, 0) is 11.2 Å². The highest BCUT2D eigenvalue weighted by molar-refractivity contribution is 5.77. The minimum atomic E-state index is -0.141. The molecule has 0 spiro atoms. The molecule has 0 fully saturated rings. The van der Waals surface area contributed by atoms with E-state index in [0.29, 0.717) is 12.3 Å². The summed E-state index contributed by atoms with van der Waals surface area (Å²) in [7, 11) is 0. The number of nitrogens with one attached hydrogen (secondary N) is 1. The van der Waals surface area contributed by atoms with E-state index in [1.165, 1.54) is 17.5 Å². The second-order valence-electron chi connectivity index (χ2n) is 5.56. The first-order valence-corrected chi connectivity index (χ1v) is 8.00. The predicted molar refractivity (Wildman–Crippen MR) is 92.5 cm³/mol. The second kappa shape index (κ2) is 8.05. The maximum Gasteiger partial charge on any atom is 0.257 e. The monoisotopic (exact) mass is 337 g/mol. The number of carbonyl (C=O) groups is 1. The molecule has 1 N–H and O–H groups in total. The van der Waals surface area contributed by atoms with Crippen molar-refractivity contribution in [1.29, 1.82) is 0 Å². The Kier molecular flexibility index (Phi) is 5.36. The van der Waals surface area contributed by atoms with E-state index >= 15 is 0 Å². The molecule has 0 saturated carbocycles. The zero-order valence-electron chi connectivity index (χ0n) is 13.9. The molecule has 0 aliphatic heterocycles. The Balaban J connectivity index is 1.42. The van der Waals surface area contributed by atoms with Crippen LogP contribution < -0.4 is 10.1 Å². The smallest absolute Gasteiger partial charge is 0.257 e. The van der Waals surface area contributed by atoms with Gasteiger partial charge in [0.15, 0.2) is 6.61 Å². The van der Waals surface area contributed by atoms with Crippen LogP contribution in [0.25, 0.3) is 5.69 Å². The normalized spacial score (nSPS) is 10.4. The molecule has 7 nitrogen and oxygen atoms in total. The molecule has 1 amide bonds. The highest BCUT2D eigenvalue weighted by Gasteiger charge is 2.04. The van der Waals surface area contributed by atoms with Crippen molar-refractivity contribution in [3.8, 4) is 11.4 Å². The molecule has 128 valence electrons. The van der Waals surface area contributed by atoms with Crippen molar-refractivity contribution < 1.29 is 9.53 Å².